The molecule has 2 aliphatic heterocycles. The number of hydrogen-bond donors (Lipinski definition) is 2. The number of fused-ring (bicyclic) bond motifs is 3. The number of nitrogens with one attached hydrogen (secondary N) is 2. The molecule has 0 aliphatic carbocycles. The lowest BCUT2D eigenvalue weighted by Crippen LogP contribution is -2.40. The van der Waals surface area contributed by atoms with Gasteiger partial charge in [0.1, 0.15) is 0 Å². The summed E-state index contributed by atoms with van der Waals surface area (Å²) in [6.07, 6.45) is 6.96. The Balaban J connectivity index is 1.30. The SMILES string of the molecule is CCNC(=O)N1CCC2(CCn3nc(-c4cnc5cccc(NC(=O)c6ccncc6)c5c4)cc32)C1. The van der Waals surface area contributed by atoms with Gasteiger partial charge in [0.05, 0.1) is 16.9 Å². The summed E-state index contributed by atoms with van der Waals surface area (Å²) in [5, 5.41) is 11.7. The zero-order valence-corrected chi connectivity index (χ0v) is 20.1. The summed E-state index contributed by atoms with van der Waals surface area (Å²) < 4.78 is 2.08. The second-order valence-corrected chi connectivity index (χ2v) is 9.46. The van der Waals surface area contributed by atoms with Gasteiger partial charge in [-0.1, -0.05) is 6.07 Å². The lowest BCUT2D eigenvalue weighted by atomic mass is 9.82. The summed E-state index contributed by atoms with van der Waals surface area (Å²) in [5.74, 6) is -0.198. The van der Waals surface area contributed by atoms with Gasteiger partial charge in [0.2, 0.25) is 0 Å². The molecule has 9 nitrogen and oxygen atoms in total. The molecule has 2 N–H and O–H groups in total. The number of carbonyl (C=O) groups is 2. The zero-order valence-electron chi connectivity index (χ0n) is 20.1. The average Bonchev–Trinajstić information content (AvgIpc) is 3.61. The molecule has 4 aromatic rings. The van der Waals surface area contributed by atoms with Gasteiger partial charge in [-0.3, -0.25) is 19.4 Å². The topological polar surface area (TPSA) is 105 Å². The summed E-state index contributed by atoms with van der Waals surface area (Å²) in [6.45, 7) is 4.88. The number of nitrogens with zero attached hydrogens (tertiary/aromatic N) is 5. The van der Waals surface area contributed by atoms with Crippen LogP contribution in [0.15, 0.2) is 61.1 Å². The van der Waals surface area contributed by atoms with E-state index in [9.17, 15) is 9.59 Å². The molecule has 0 bridgehead atoms. The molecule has 0 saturated carbocycles. The third-order valence-corrected chi connectivity index (χ3v) is 7.31. The number of benzene rings is 1. The van der Waals surface area contributed by atoms with E-state index in [1.807, 2.05) is 42.3 Å². The van der Waals surface area contributed by atoms with Crippen molar-refractivity contribution in [3.63, 3.8) is 0 Å². The monoisotopic (exact) mass is 481 g/mol. The fourth-order valence-electron chi connectivity index (χ4n) is 5.42. The van der Waals surface area contributed by atoms with Crippen molar-refractivity contribution < 1.29 is 9.59 Å². The van der Waals surface area contributed by atoms with Gasteiger partial charge in [0.15, 0.2) is 0 Å². The molecule has 3 amide bonds. The molecule has 1 atom stereocenters. The molecule has 1 spiro atoms. The highest BCUT2D eigenvalue weighted by molar-refractivity contribution is 6.09. The number of hydrogen-bond acceptors (Lipinski definition) is 5. The number of amides is 3. The molecule has 3 aromatic heterocycles. The van der Waals surface area contributed by atoms with Gasteiger partial charge >= 0.3 is 6.03 Å². The maximum atomic E-state index is 12.8. The van der Waals surface area contributed by atoms with E-state index in [0.29, 0.717) is 24.3 Å². The van der Waals surface area contributed by atoms with Crippen molar-refractivity contribution in [1.82, 2.24) is 30.0 Å². The van der Waals surface area contributed by atoms with Crippen molar-refractivity contribution >= 4 is 28.5 Å². The summed E-state index contributed by atoms with van der Waals surface area (Å²) in [6, 6.07) is 13.2. The second kappa shape index (κ2) is 8.75. The second-order valence-electron chi connectivity index (χ2n) is 9.46. The molecule has 5 heterocycles. The number of pyridine rings is 2. The van der Waals surface area contributed by atoms with E-state index >= 15 is 0 Å². The number of urea groups is 1. The maximum absolute atomic E-state index is 12.8. The first kappa shape index (κ1) is 22.2. The van der Waals surface area contributed by atoms with Crippen LogP contribution in [0.25, 0.3) is 22.2 Å². The molecule has 1 fully saturated rings. The molecule has 36 heavy (non-hydrogen) atoms. The molecular formula is C27H27N7O2. The van der Waals surface area contributed by atoms with Crippen LogP contribution in [-0.4, -0.2) is 56.2 Å². The molecule has 1 saturated heterocycles. The summed E-state index contributed by atoms with van der Waals surface area (Å²) in [7, 11) is 0. The molecule has 6 rings (SSSR count). The van der Waals surface area contributed by atoms with E-state index in [2.05, 4.69) is 31.3 Å². The minimum absolute atomic E-state index is 0.00707. The number of aromatic nitrogens is 4. The normalized spacial score (nSPS) is 18.5. The predicted molar refractivity (Wildman–Crippen MR) is 137 cm³/mol. The molecule has 0 radical (unpaired) electrons. The van der Waals surface area contributed by atoms with Crippen LogP contribution in [0.5, 0.6) is 0 Å². The van der Waals surface area contributed by atoms with Crippen LogP contribution in [0.3, 0.4) is 0 Å². The number of aryl methyl sites for hydroxylation is 1. The number of likely N-dealkylation sites (tertiary alicyclic amines) is 1. The first-order chi connectivity index (χ1) is 17.6. The number of rotatable bonds is 4. The molecule has 1 unspecified atom stereocenters. The number of carbonyl (C=O) groups excluding carboxylic acids is 2. The highest BCUT2D eigenvalue weighted by atomic mass is 16.2. The van der Waals surface area contributed by atoms with Crippen LogP contribution >= 0.6 is 0 Å². The van der Waals surface area contributed by atoms with Crippen LogP contribution < -0.4 is 10.6 Å². The zero-order chi connectivity index (χ0) is 24.7. The Labute approximate surface area is 208 Å². The Bertz CT molecular complexity index is 1470. The van der Waals surface area contributed by atoms with Crippen LogP contribution in [0, 0.1) is 0 Å². The molecular weight excluding hydrogens is 454 g/mol. The Morgan fingerprint density at radius 3 is 2.75 bits per heavy atom. The Morgan fingerprint density at radius 1 is 1.08 bits per heavy atom. The summed E-state index contributed by atoms with van der Waals surface area (Å²) >= 11 is 0. The molecule has 182 valence electrons. The maximum Gasteiger partial charge on any atom is 0.317 e. The standard InChI is InChI=1S/C27H27N7O2/c1-2-29-26(36)33-12-8-27(17-33)9-13-34-24(27)15-23(32-34)19-14-20-21(30-16-19)4-3-5-22(20)31-25(35)18-6-10-28-11-7-18/h3-7,10-11,14-16H,2,8-9,12-13,17H2,1H3,(H,29,36)(H,31,35). The van der Waals surface area contributed by atoms with Gasteiger partial charge in [0.25, 0.3) is 5.91 Å². The Hall–Kier alpha value is -4.27. The van der Waals surface area contributed by atoms with Crippen molar-refractivity contribution in [2.45, 2.75) is 31.7 Å². The van der Waals surface area contributed by atoms with Crippen LogP contribution in [0.1, 0.15) is 35.8 Å². The first-order valence-corrected chi connectivity index (χ1v) is 12.3. The van der Waals surface area contributed by atoms with Gasteiger partial charge in [0, 0.05) is 72.4 Å². The lowest BCUT2D eigenvalue weighted by Gasteiger charge is -2.23. The number of anilines is 1. The Kier molecular flexibility index (Phi) is 5.40. The van der Waals surface area contributed by atoms with E-state index in [0.717, 1.165) is 48.1 Å². The Morgan fingerprint density at radius 2 is 1.92 bits per heavy atom. The van der Waals surface area contributed by atoms with Gasteiger partial charge in [-0.05, 0) is 56.2 Å². The molecule has 2 aliphatic rings. The van der Waals surface area contributed by atoms with Crippen molar-refractivity contribution in [1.29, 1.82) is 0 Å². The van der Waals surface area contributed by atoms with Crippen molar-refractivity contribution in [3.8, 4) is 11.3 Å². The summed E-state index contributed by atoms with van der Waals surface area (Å²) in [5.41, 5.74) is 4.91. The van der Waals surface area contributed by atoms with Crippen LogP contribution in [0.4, 0.5) is 10.5 Å². The highest BCUT2D eigenvalue weighted by Crippen LogP contribution is 2.44. The van der Waals surface area contributed by atoms with Gasteiger partial charge in [-0.25, -0.2) is 4.79 Å². The molecule has 9 heteroatoms. The lowest BCUT2D eigenvalue weighted by molar-refractivity contribution is 0.102. The van der Waals surface area contributed by atoms with Gasteiger partial charge in [-0.15, -0.1) is 0 Å². The van der Waals surface area contributed by atoms with Gasteiger partial charge in [-0.2, -0.15) is 5.10 Å². The summed E-state index contributed by atoms with van der Waals surface area (Å²) in [4.78, 5) is 35.7. The fraction of sp³-hybridized carbons (Fsp3) is 0.296. The predicted octanol–water partition coefficient (Wildman–Crippen LogP) is 3.82. The first-order valence-electron chi connectivity index (χ1n) is 12.3. The van der Waals surface area contributed by atoms with E-state index in [4.69, 9.17) is 5.10 Å². The molecule has 1 aromatic carbocycles. The van der Waals surface area contributed by atoms with E-state index < -0.39 is 0 Å². The van der Waals surface area contributed by atoms with Crippen LogP contribution in [-0.2, 0) is 12.0 Å². The smallest absolute Gasteiger partial charge is 0.317 e. The third kappa shape index (κ3) is 3.77. The van der Waals surface area contributed by atoms with Crippen molar-refractivity contribution in [2.24, 2.45) is 0 Å². The van der Waals surface area contributed by atoms with E-state index in [-0.39, 0.29) is 17.4 Å². The quantitative estimate of drug-likeness (QED) is 0.461. The van der Waals surface area contributed by atoms with Crippen molar-refractivity contribution in [2.75, 3.05) is 25.0 Å². The highest BCUT2D eigenvalue weighted by Gasteiger charge is 2.46. The van der Waals surface area contributed by atoms with Gasteiger partial charge < -0.3 is 15.5 Å². The van der Waals surface area contributed by atoms with E-state index in [1.54, 1.807) is 24.5 Å². The largest absolute Gasteiger partial charge is 0.338 e. The van der Waals surface area contributed by atoms with Crippen LogP contribution in [0.2, 0.25) is 0 Å². The third-order valence-electron chi connectivity index (χ3n) is 7.31. The minimum atomic E-state index is -0.198. The van der Waals surface area contributed by atoms with E-state index in [1.165, 1.54) is 5.69 Å². The average molecular weight is 482 g/mol. The minimum Gasteiger partial charge on any atom is -0.338 e. The van der Waals surface area contributed by atoms with Crippen molar-refractivity contribution in [3.05, 3.63) is 72.3 Å². The fourth-order valence-corrected chi connectivity index (χ4v) is 5.42.